The van der Waals surface area contributed by atoms with Crippen molar-refractivity contribution in [2.24, 2.45) is 0 Å². The molecule has 1 heterocycles. The third-order valence-electron chi connectivity index (χ3n) is 1.78. The smallest absolute Gasteiger partial charge is 0.241 e. The van der Waals surface area contributed by atoms with E-state index in [1.165, 1.54) is 13.1 Å². The van der Waals surface area contributed by atoms with Crippen LogP contribution in [-0.2, 0) is 0 Å². The first-order valence-corrected chi connectivity index (χ1v) is 3.85. The van der Waals surface area contributed by atoms with Crippen LogP contribution < -0.4 is 0 Å². The summed E-state index contributed by atoms with van der Waals surface area (Å²) >= 11 is 0. The van der Waals surface area contributed by atoms with E-state index in [0.717, 1.165) is 0 Å². The lowest BCUT2D eigenvalue weighted by Gasteiger charge is -2.10. The van der Waals surface area contributed by atoms with Gasteiger partial charge in [0, 0.05) is 18.0 Å². The Balaban J connectivity index is 2.79. The van der Waals surface area contributed by atoms with Gasteiger partial charge in [-0.05, 0) is 12.1 Å². The zero-order chi connectivity index (χ0) is 9.84. The van der Waals surface area contributed by atoms with Gasteiger partial charge >= 0.3 is 0 Å². The highest BCUT2D eigenvalue weighted by Gasteiger charge is 2.26. The first-order chi connectivity index (χ1) is 6.13. The molecule has 0 saturated carbocycles. The monoisotopic (exact) mass is 182 g/mol. The highest BCUT2D eigenvalue weighted by molar-refractivity contribution is 5.07. The van der Waals surface area contributed by atoms with E-state index in [1.807, 2.05) is 0 Å². The topological polar surface area (TPSA) is 76.3 Å². The zero-order valence-electron chi connectivity index (χ0n) is 7.12. The normalized spacial score (nSPS) is 14.9. The maximum absolute atomic E-state index is 10.3. The standard InChI is InChI=1S/C8H10N2O3/c1-6(10(12)13)8(11)7-4-2-3-5-9-7/h2-6,8,11H,1H3/t6-,8-/m1/s1. The fraction of sp³-hybridized carbons (Fsp3) is 0.375. The molecule has 0 aliphatic rings. The third kappa shape index (κ3) is 2.22. The Hall–Kier alpha value is -1.49. The molecule has 0 spiro atoms. The molecule has 0 aliphatic heterocycles. The summed E-state index contributed by atoms with van der Waals surface area (Å²) in [6, 6.07) is 3.89. The average molecular weight is 182 g/mol. The number of pyridine rings is 1. The van der Waals surface area contributed by atoms with Gasteiger partial charge in [0.15, 0.2) is 6.10 Å². The van der Waals surface area contributed by atoms with Crippen LogP contribution in [0.3, 0.4) is 0 Å². The summed E-state index contributed by atoms with van der Waals surface area (Å²) in [6.45, 7) is 1.35. The van der Waals surface area contributed by atoms with Gasteiger partial charge in [-0.3, -0.25) is 15.1 Å². The van der Waals surface area contributed by atoms with Gasteiger partial charge < -0.3 is 5.11 Å². The van der Waals surface area contributed by atoms with Gasteiger partial charge in [-0.25, -0.2) is 0 Å². The number of hydrogen-bond acceptors (Lipinski definition) is 4. The van der Waals surface area contributed by atoms with Crippen LogP contribution in [0.2, 0.25) is 0 Å². The SMILES string of the molecule is C[C@H]([C@@H](O)c1ccccn1)[N+](=O)[O-]. The molecule has 13 heavy (non-hydrogen) atoms. The van der Waals surface area contributed by atoms with Gasteiger partial charge in [-0.15, -0.1) is 0 Å². The molecule has 1 aromatic rings. The summed E-state index contributed by atoms with van der Waals surface area (Å²) in [7, 11) is 0. The Morgan fingerprint density at radius 1 is 1.62 bits per heavy atom. The molecule has 1 N–H and O–H groups in total. The molecular weight excluding hydrogens is 172 g/mol. The second kappa shape index (κ2) is 3.95. The van der Waals surface area contributed by atoms with Crippen molar-refractivity contribution < 1.29 is 10.0 Å². The van der Waals surface area contributed by atoms with Crippen LogP contribution in [0.1, 0.15) is 18.7 Å². The van der Waals surface area contributed by atoms with Gasteiger partial charge in [0.2, 0.25) is 6.04 Å². The Morgan fingerprint density at radius 3 is 2.77 bits per heavy atom. The molecule has 5 nitrogen and oxygen atoms in total. The molecule has 0 amide bonds. The lowest BCUT2D eigenvalue weighted by atomic mass is 10.1. The fourth-order valence-corrected chi connectivity index (χ4v) is 0.913. The van der Waals surface area contributed by atoms with Crippen molar-refractivity contribution in [1.29, 1.82) is 0 Å². The average Bonchev–Trinajstić information content (AvgIpc) is 2.17. The molecule has 0 saturated heterocycles. The maximum atomic E-state index is 10.3. The number of aromatic nitrogens is 1. The molecule has 2 atom stereocenters. The summed E-state index contributed by atoms with van der Waals surface area (Å²) in [4.78, 5) is 13.6. The van der Waals surface area contributed by atoms with Crippen LogP contribution in [0.25, 0.3) is 0 Å². The lowest BCUT2D eigenvalue weighted by molar-refractivity contribution is -0.531. The molecule has 5 heteroatoms. The van der Waals surface area contributed by atoms with E-state index in [1.54, 1.807) is 18.2 Å². The number of aliphatic hydroxyl groups excluding tert-OH is 1. The third-order valence-corrected chi connectivity index (χ3v) is 1.78. The molecule has 0 aromatic carbocycles. The highest BCUT2D eigenvalue weighted by Crippen LogP contribution is 2.15. The summed E-state index contributed by atoms with van der Waals surface area (Å²) in [6.07, 6.45) is 0.349. The molecule has 0 radical (unpaired) electrons. The van der Waals surface area contributed by atoms with Gasteiger partial charge in [-0.2, -0.15) is 0 Å². The minimum Gasteiger partial charge on any atom is -0.380 e. The first kappa shape index (κ1) is 9.60. The van der Waals surface area contributed by atoms with E-state index >= 15 is 0 Å². The minimum atomic E-state index is -1.14. The van der Waals surface area contributed by atoms with Crippen LogP contribution in [0.15, 0.2) is 24.4 Å². The Bertz CT molecular complexity index is 289. The van der Waals surface area contributed by atoms with Gasteiger partial charge in [0.05, 0.1) is 5.69 Å². The van der Waals surface area contributed by atoms with Crippen LogP contribution in [0.4, 0.5) is 0 Å². The van der Waals surface area contributed by atoms with E-state index in [2.05, 4.69) is 4.98 Å². The van der Waals surface area contributed by atoms with Crippen molar-refractivity contribution in [3.05, 3.63) is 40.2 Å². The summed E-state index contributed by atoms with van der Waals surface area (Å²) in [5.41, 5.74) is 0.326. The lowest BCUT2D eigenvalue weighted by Crippen LogP contribution is -2.24. The largest absolute Gasteiger partial charge is 0.380 e. The van der Waals surface area contributed by atoms with E-state index in [4.69, 9.17) is 0 Å². The zero-order valence-corrected chi connectivity index (χ0v) is 7.12. The van der Waals surface area contributed by atoms with Crippen molar-refractivity contribution >= 4 is 0 Å². The molecule has 1 aromatic heterocycles. The van der Waals surface area contributed by atoms with Crippen molar-refractivity contribution in [2.75, 3.05) is 0 Å². The number of rotatable bonds is 3. The van der Waals surface area contributed by atoms with Crippen LogP contribution >= 0.6 is 0 Å². The van der Waals surface area contributed by atoms with E-state index < -0.39 is 17.1 Å². The molecule has 0 unspecified atom stereocenters. The van der Waals surface area contributed by atoms with Crippen LogP contribution in [0.5, 0.6) is 0 Å². The number of nitrogens with zero attached hydrogens (tertiary/aromatic N) is 2. The highest BCUT2D eigenvalue weighted by atomic mass is 16.6. The van der Waals surface area contributed by atoms with Crippen LogP contribution in [-0.4, -0.2) is 21.1 Å². The van der Waals surface area contributed by atoms with Crippen LogP contribution in [0, 0.1) is 10.1 Å². The minimum absolute atomic E-state index is 0.326. The molecule has 1 rings (SSSR count). The molecule has 0 fully saturated rings. The summed E-state index contributed by atoms with van der Waals surface area (Å²) < 4.78 is 0. The van der Waals surface area contributed by atoms with E-state index in [9.17, 15) is 15.2 Å². The van der Waals surface area contributed by atoms with Gasteiger partial charge in [-0.1, -0.05) is 6.07 Å². The predicted octanol–water partition coefficient (Wildman–Crippen LogP) is 0.780. The van der Waals surface area contributed by atoms with Gasteiger partial charge in [0.1, 0.15) is 0 Å². The quantitative estimate of drug-likeness (QED) is 0.553. The number of hydrogen-bond donors (Lipinski definition) is 1. The second-order valence-electron chi connectivity index (χ2n) is 2.73. The molecule has 0 aliphatic carbocycles. The second-order valence-corrected chi connectivity index (χ2v) is 2.73. The van der Waals surface area contributed by atoms with E-state index in [0.29, 0.717) is 5.69 Å². The van der Waals surface area contributed by atoms with Crippen molar-refractivity contribution in [3.63, 3.8) is 0 Å². The van der Waals surface area contributed by atoms with E-state index in [-0.39, 0.29) is 0 Å². The van der Waals surface area contributed by atoms with Crippen molar-refractivity contribution in [2.45, 2.75) is 19.1 Å². The number of aliphatic hydroxyl groups is 1. The Kier molecular flexibility index (Phi) is 2.92. The molecule has 70 valence electrons. The molecule has 0 bridgehead atoms. The summed E-state index contributed by atoms with van der Waals surface area (Å²) in [5, 5.41) is 19.8. The predicted molar refractivity (Wildman–Crippen MR) is 45.7 cm³/mol. The van der Waals surface area contributed by atoms with Gasteiger partial charge in [0.25, 0.3) is 0 Å². The molecular formula is C8H10N2O3. The summed E-state index contributed by atoms with van der Waals surface area (Å²) in [5.74, 6) is 0. The fourth-order valence-electron chi connectivity index (χ4n) is 0.913. The Morgan fingerprint density at radius 2 is 2.31 bits per heavy atom. The van der Waals surface area contributed by atoms with Crippen molar-refractivity contribution in [3.8, 4) is 0 Å². The maximum Gasteiger partial charge on any atom is 0.241 e. The van der Waals surface area contributed by atoms with Crippen molar-refractivity contribution in [1.82, 2.24) is 4.98 Å². The Labute approximate surface area is 75.2 Å². The number of nitro groups is 1. The first-order valence-electron chi connectivity index (χ1n) is 3.85.